The molecule has 0 aliphatic heterocycles. The van der Waals surface area contributed by atoms with Crippen molar-refractivity contribution < 1.29 is 0 Å². The molecule has 2 rings (SSSR count). The Morgan fingerprint density at radius 2 is 1.94 bits per heavy atom. The van der Waals surface area contributed by atoms with Crippen LogP contribution in [0.1, 0.15) is 17.2 Å². The minimum absolute atomic E-state index is 0.0469. The van der Waals surface area contributed by atoms with Gasteiger partial charge in [0.25, 0.3) is 0 Å². The fourth-order valence-corrected chi connectivity index (χ4v) is 3.17. The molecule has 1 atom stereocenters. The molecule has 0 heterocycles. The monoisotopic (exact) mass is 435 g/mol. The Morgan fingerprint density at radius 3 is 2.67 bits per heavy atom. The van der Waals surface area contributed by atoms with E-state index < -0.39 is 0 Å². The second-order valence-corrected chi connectivity index (χ2v) is 6.52. The van der Waals surface area contributed by atoms with Crippen molar-refractivity contribution in [2.45, 2.75) is 12.5 Å². The van der Waals surface area contributed by atoms with Gasteiger partial charge in [-0.1, -0.05) is 45.7 Å². The van der Waals surface area contributed by atoms with E-state index in [1.165, 1.54) is 5.56 Å². The molecule has 2 aromatic carbocycles. The maximum absolute atomic E-state index is 6.28. The number of hydrogen-bond acceptors (Lipinski definition) is 1. The molecular formula is C14H12BrClIN. The molecule has 0 bridgehead atoms. The number of nitrogens with two attached hydrogens (primary N) is 1. The standard InChI is InChI=1S/C14H12BrClIN/c15-12-4-2-1-3-9(12)7-14(18)11-8-10(16)5-6-13(11)17/h1-6,8,14H,7,18H2. The van der Waals surface area contributed by atoms with E-state index >= 15 is 0 Å². The summed E-state index contributed by atoms with van der Waals surface area (Å²) in [5.41, 5.74) is 8.59. The van der Waals surface area contributed by atoms with Crippen molar-refractivity contribution in [1.82, 2.24) is 0 Å². The first kappa shape index (κ1) is 14.3. The van der Waals surface area contributed by atoms with Crippen molar-refractivity contribution in [3.63, 3.8) is 0 Å². The van der Waals surface area contributed by atoms with E-state index in [1.807, 2.05) is 36.4 Å². The lowest BCUT2D eigenvalue weighted by Gasteiger charge is -2.15. The number of benzene rings is 2. The molecule has 0 saturated carbocycles. The molecular weight excluding hydrogens is 424 g/mol. The first-order chi connectivity index (χ1) is 8.58. The molecule has 18 heavy (non-hydrogen) atoms. The summed E-state index contributed by atoms with van der Waals surface area (Å²) >= 11 is 11.9. The third kappa shape index (κ3) is 3.47. The van der Waals surface area contributed by atoms with Crippen LogP contribution in [0.15, 0.2) is 46.9 Å². The van der Waals surface area contributed by atoms with Gasteiger partial charge in [0.2, 0.25) is 0 Å². The molecule has 1 nitrogen and oxygen atoms in total. The molecule has 0 saturated heterocycles. The van der Waals surface area contributed by atoms with Crippen LogP contribution in [0, 0.1) is 3.57 Å². The molecule has 1 unspecified atom stereocenters. The predicted molar refractivity (Wildman–Crippen MR) is 88.9 cm³/mol. The summed E-state index contributed by atoms with van der Waals surface area (Å²) < 4.78 is 2.24. The average molecular weight is 437 g/mol. The van der Waals surface area contributed by atoms with E-state index in [1.54, 1.807) is 0 Å². The van der Waals surface area contributed by atoms with E-state index in [4.69, 9.17) is 17.3 Å². The van der Waals surface area contributed by atoms with Gasteiger partial charge in [-0.05, 0) is 64.4 Å². The zero-order chi connectivity index (χ0) is 13.1. The zero-order valence-electron chi connectivity index (χ0n) is 9.54. The third-order valence-corrected chi connectivity index (χ3v) is 4.75. The number of hydrogen-bond donors (Lipinski definition) is 1. The Labute approximate surface area is 134 Å². The SMILES string of the molecule is NC(Cc1ccccc1Br)c1cc(Cl)ccc1I. The smallest absolute Gasteiger partial charge is 0.0410 e. The van der Waals surface area contributed by atoms with Gasteiger partial charge in [0.15, 0.2) is 0 Å². The van der Waals surface area contributed by atoms with Crippen molar-refractivity contribution in [3.8, 4) is 0 Å². The van der Waals surface area contributed by atoms with Crippen LogP contribution in [0.4, 0.5) is 0 Å². The fraction of sp³-hybridized carbons (Fsp3) is 0.143. The van der Waals surface area contributed by atoms with Gasteiger partial charge in [-0.2, -0.15) is 0 Å². The highest BCUT2D eigenvalue weighted by atomic mass is 127. The van der Waals surface area contributed by atoms with Crippen LogP contribution in [0.3, 0.4) is 0 Å². The summed E-state index contributed by atoms with van der Waals surface area (Å²) in [6.45, 7) is 0. The highest BCUT2D eigenvalue weighted by Crippen LogP contribution is 2.27. The van der Waals surface area contributed by atoms with Gasteiger partial charge >= 0.3 is 0 Å². The molecule has 94 valence electrons. The summed E-state index contributed by atoms with van der Waals surface area (Å²) in [5, 5.41) is 0.730. The largest absolute Gasteiger partial charge is 0.324 e. The van der Waals surface area contributed by atoms with E-state index in [-0.39, 0.29) is 6.04 Å². The molecule has 2 N–H and O–H groups in total. The normalized spacial score (nSPS) is 12.4. The minimum Gasteiger partial charge on any atom is -0.324 e. The van der Waals surface area contributed by atoms with Gasteiger partial charge in [0, 0.05) is 19.1 Å². The number of rotatable bonds is 3. The van der Waals surface area contributed by atoms with Crippen molar-refractivity contribution in [2.75, 3.05) is 0 Å². The molecule has 0 fully saturated rings. The van der Waals surface area contributed by atoms with Gasteiger partial charge in [0.05, 0.1) is 0 Å². The Balaban J connectivity index is 2.25. The van der Waals surface area contributed by atoms with Gasteiger partial charge < -0.3 is 5.73 Å². The van der Waals surface area contributed by atoms with Crippen LogP contribution in [0.25, 0.3) is 0 Å². The number of halogens is 3. The molecule has 0 aromatic heterocycles. The minimum atomic E-state index is -0.0469. The molecule has 0 amide bonds. The summed E-state index contributed by atoms with van der Waals surface area (Å²) in [4.78, 5) is 0. The summed E-state index contributed by atoms with van der Waals surface area (Å²) in [7, 11) is 0. The van der Waals surface area contributed by atoms with Crippen molar-refractivity contribution >= 4 is 50.1 Å². The average Bonchev–Trinajstić information content (AvgIpc) is 2.35. The van der Waals surface area contributed by atoms with Crippen molar-refractivity contribution in [2.24, 2.45) is 5.73 Å². The second kappa shape index (κ2) is 6.37. The Bertz CT molecular complexity index is 559. The quantitative estimate of drug-likeness (QED) is 0.677. The maximum atomic E-state index is 6.28. The zero-order valence-corrected chi connectivity index (χ0v) is 14.0. The molecule has 0 aliphatic carbocycles. The molecule has 0 spiro atoms. The van der Waals surface area contributed by atoms with E-state index in [0.717, 1.165) is 25.0 Å². The Kier molecular flexibility index (Phi) is 5.06. The second-order valence-electron chi connectivity index (χ2n) is 4.07. The van der Waals surface area contributed by atoms with Crippen molar-refractivity contribution in [3.05, 3.63) is 66.7 Å². The van der Waals surface area contributed by atoms with Gasteiger partial charge in [-0.25, -0.2) is 0 Å². The Morgan fingerprint density at radius 1 is 1.22 bits per heavy atom. The van der Waals surface area contributed by atoms with Gasteiger partial charge in [0.1, 0.15) is 0 Å². The predicted octanol–water partition coefficient (Wildman–Crippen LogP) is 4.95. The maximum Gasteiger partial charge on any atom is 0.0410 e. The molecule has 2 aromatic rings. The first-order valence-electron chi connectivity index (χ1n) is 5.52. The van der Waals surface area contributed by atoms with E-state index in [0.29, 0.717) is 0 Å². The van der Waals surface area contributed by atoms with E-state index in [9.17, 15) is 0 Å². The van der Waals surface area contributed by atoms with Gasteiger partial charge in [-0.15, -0.1) is 0 Å². The summed E-state index contributed by atoms with van der Waals surface area (Å²) in [6.07, 6.45) is 0.789. The summed E-state index contributed by atoms with van der Waals surface area (Å²) in [6, 6.07) is 13.9. The summed E-state index contributed by atoms with van der Waals surface area (Å²) in [5.74, 6) is 0. The lowest BCUT2D eigenvalue weighted by atomic mass is 10.00. The van der Waals surface area contributed by atoms with Gasteiger partial charge in [-0.3, -0.25) is 0 Å². The van der Waals surface area contributed by atoms with Crippen LogP contribution in [0.5, 0.6) is 0 Å². The Hall–Kier alpha value is -0.100. The van der Waals surface area contributed by atoms with Crippen LogP contribution < -0.4 is 5.73 Å². The lowest BCUT2D eigenvalue weighted by molar-refractivity contribution is 0.716. The van der Waals surface area contributed by atoms with Crippen LogP contribution in [-0.4, -0.2) is 0 Å². The highest BCUT2D eigenvalue weighted by molar-refractivity contribution is 14.1. The fourth-order valence-electron chi connectivity index (χ4n) is 1.81. The van der Waals surface area contributed by atoms with Crippen LogP contribution >= 0.6 is 50.1 Å². The lowest BCUT2D eigenvalue weighted by Crippen LogP contribution is -2.15. The third-order valence-electron chi connectivity index (χ3n) is 2.76. The van der Waals surface area contributed by atoms with E-state index in [2.05, 4.69) is 44.6 Å². The molecule has 0 aliphatic rings. The van der Waals surface area contributed by atoms with Crippen LogP contribution in [-0.2, 0) is 6.42 Å². The first-order valence-corrected chi connectivity index (χ1v) is 7.77. The topological polar surface area (TPSA) is 26.0 Å². The molecule has 4 heteroatoms. The van der Waals surface area contributed by atoms with Crippen molar-refractivity contribution in [1.29, 1.82) is 0 Å². The molecule has 0 radical (unpaired) electrons. The van der Waals surface area contributed by atoms with Crippen LogP contribution in [0.2, 0.25) is 5.02 Å². The highest BCUT2D eigenvalue weighted by Gasteiger charge is 2.12.